The number of Topliss-reactive ketones (excluding diaryl/α,β-unsaturated/α-hetero) is 1. The average molecular weight is 495 g/mol. The molecule has 1 atom stereocenters. The molecule has 34 heavy (non-hydrogen) atoms. The van der Waals surface area contributed by atoms with Crippen LogP contribution in [0.2, 0.25) is 0 Å². The molecule has 0 aliphatic carbocycles. The summed E-state index contributed by atoms with van der Waals surface area (Å²) in [5.74, 6) is -1.67. The molecule has 3 heterocycles. The van der Waals surface area contributed by atoms with E-state index >= 15 is 0 Å². The summed E-state index contributed by atoms with van der Waals surface area (Å²) in [7, 11) is 0. The van der Waals surface area contributed by atoms with Crippen LogP contribution < -0.4 is 9.64 Å². The van der Waals surface area contributed by atoms with Crippen molar-refractivity contribution in [2.75, 3.05) is 11.5 Å². The van der Waals surface area contributed by atoms with E-state index in [-0.39, 0.29) is 16.9 Å². The number of aromatic nitrogens is 1. The van der Waals surface area contributed by atoms with Gasteiger partial charge in [-0.05, 0) is 67.3 Å². The lowest BCUT2D eigenvalue weighted by molar-refractivity contribution is -0.132. The predicted octanol–water partition coefficient (Wildman–Crippen LogP) is 5.83. The molecule has 4 aromatic rings. The summed E-state index contributed by atoms with van der Waals surface area (Å²) in [6, 6.07) is 12.3. The van der Waals surface area contributed by atoms with Crippen molar-refractivity contribution < 1.29 is 23.8 Å². The molecule has 0 spiro atoms. The number of halogens is 1. The third kappa shape index (κ3) is 3.66. The first-order valence-corrected chi connectivity index (χ1v) is 12.2. The van der Waals surface area contributed by atoms with Gasteiger partial charge in [0.1, 0.15) is 23.4 Å². The van der Waals surface area contributed by atoms with Crippen molar-refractivity contribution >= 4 is 55.5 Å². The quantitative estimate of drug-likeness (QED) is 0.215. The van der Waals surface area contributed by atoms with Gasteiger partial charge in [-0.1, -0.05) is 17.4 Å². The highest BCUT2D eigenvalue weighted by Crippen LogP contribution is 2.45. The highest BCUT2D eigenvalue weighted by atomic mass is 32.1. The maximum absolute atomic E-state index is 13.8. The van der Waals surface area contributed by atoms with Gasteiger partial charge in [-0.15, -0.1) is 11.3 Å². The van der Waals surface area contributed by atoms with E-state index < -0.39 is 23.5 Å². The molecule has 0 bridgehead atoms. The fourth-order valence-electron chi connectivity index (χ4n) is 3.95. The average Bonchev–Trinajstić information content (AvgIpc) is 3.54. The number of fused-ring (bicyclic) bond motifs is 1. The van der Waals surface area contributed by atoms with Gasteiger partial charge in [0.25, 0.3) is 5.78 Å². The molecule has 0 saturated carbocycles. The number of thiazole rings is 1. The summed E-state index contributed by atoms with van der Waals surface area (Å²) < 4.78 is 20.2. The Morgan fingerprint density at radius 1 is 1.21 bits per heavy atom. The molecular weight excluding hydrogens is 475 g/mol. The van der Waals surface area contributed by atoms with E-state index in [2.05, 4.69) is 4.98 Å². The van der Waals surface area contributed by atoms with Crippen LogP contribution in [0, 0.1) is 12.7 Å². The Kier molecular flexibility index (Phi) is 5.66. The molecule has 1 N–H and O–H groups in total. The molecule has 2 aromatic heterocycles. The van der Waals surface area contributed by atoms with Crippen LogP contribution in [0.25, 0.3) is 16.0 Å². The van der Waals surface area contributed by atoms with Crippen LogP contribution in [-0.2, 0) is 9.59 Å². The summed E-state index contributed by atoms with van der Waals surface area (Å²) >= 11 is 2.63. The molecule has 0 radical (unpaired) electrons. The molecule has 172 valence electrons. The van der Waals surface area contributed by atoms with Crippen molar-refractivity contribution in [3.63, 3.8) is 0 Å². The summed E-state index contributed by atoms with van der Waals surface area (Å²) in [5, 5.41) is 13.3. The number of aliphatic hydroxyl groups is 1. The number of hydrogen-bond acceptors (Lipinski definition) is 7. The van der Waals surface area contributed by atoms with Crippen LogP contribution in [0.5, 0.6) is 5.75 Å². The van der Waals surface area contributed by atoms with Crippen molar-refractivity contribution in [2.45, 2.75) is 19.9 Å². The molecule has 1 unspecified atom stereocenters. The van der Waals surface area contributed by atoms with Gasteiger partial charge < -0.3 is 9.84 Å². The number of nitrogens with zero attached hydrogens (tertiary/aromatic N) is 2. The monoisotopic (exact) mass is 494 g/mol. The minimum Gasteiger partial charge on any atom is -0.507 e. The second kappa shape index (κ2) is 8.66. The van der Waals surface area contributed by atoms with Gasteiger partial charge in [-0.3, -0.25) is 14.5 Å². The lowest BCUT2D eigenvalue weighted by Crippen LogP contribution is -2.28. The number of aliphatic hydroxyl groups excluding tert-OH is 1. The second-order valence-corrected chi connectivity index (χ2v) is 9.70. The summed E-state index contributed by atoms with van der Waals surface area (Å²) in [5.41, 5.74) is 1.21. The number of thiophene rings is 1. The van der Waals surface area contributed by atoms with Gasteiger partial charge in [0.05, 0.1) is 22.4 Å². The Morgan fingerprint density at radius 2 is 2.03 bits per heavy atom. The summed E-state index contributed by atoms with van der Waals surface area (Å²) in [4.78, 5) is 33.1. The molecule has 5 rings (SSSR count). The standard InChI is InChI=1S/C25H19FN2O4S2/c1-3-32-15-7-9-17-19(12-15)34-25(27-17)28-21(18-5-4-10-33-18)20(23(30)24(28)31)22(29)14-6-8-16(26)13(2)11-14/h4-12,21,29H,3H2,1-2H3/b22-20+. The lowest BCUT2D eigenvalue weighted by Gasteiger charge is -2.21. The van der Waals surface area contributed by atoms with Crippen molar-refractivity contribution in [3.05, 3.63) is 81.3 Å². The second-order valence-electron chi connectivity index (χ2n) is 7.71. The highest BCUT2D eigenvalue weighted by molar-refractivity contribution is 7.22. The van der Waals surface area contributed by atoms with E-state index in [0.717, 1.165) is 4.70 Å². The molecular formula is C25H19FN2O4S2. The molecule has 1 amide bonds. The zero-order valence-corrected chi connectivity index (χ0v) is 19.9. The number of aryl methyl sites for hydroxylation is 1. The molecule has 1 aliphatic heterocycles. The molecule has 9 heteroatoms. The number of amides is 1. The Bertz CT molecular complexity index is 1460. The normalized spacial score (nSPS) is 17.6. The minimum absolute atomic E-state index is 0.0484. The van der Waals surface area contributed by atoms with Gasteiger partial charge in [-0.25, -0.2) is 9.37 Å². The van der Waals surface area contributed by atoms with Gasteiger partial charge in [0.2, 0.25) is 0 Å². The Morgan fingerprint density at radius 3 is 2.74 bits per heavy atom. The first-order valence-electron chi connectivity index (χ1n) is 10.5. The lowest BCUT2D eigenvalue weighted by atomic mass is 9.99. The van der Waals surface area contributed by atoms with Gasteiger partial charge in [0.15, 0.2) is 5.13 Å². The first-order chi connectivity index (χ1) is 16.4. The fourth-order valence-corrected chi connectivity index (χ4v) is 5.79. The Labute approximate surface area is 202 Å². The maximum atomic E-state index is 13.8. The number of rotatable bonds is 5. The van der Waals surface area contributed by atoms with E-state index in [1.165, 1.54) is 45.8 Å². The van der Waals surface area contributed by atoms with E-state index in [4.69, 9.17) is 4.74 Å². The van der Waals surface area contributed by atoms with Crippen molar-refractivity contribution in [1.82, 2.24) is 4.98 Å². The largest absolute Gasteiger partial charge is 0.507 e. The SMILES string of the molecule is CCOc1ccc2nc(N3C(=O)C(=O)/C(=C(/O)c4ccc(F)c(C)c4)C3c3cccs3)sc2c1. The Hall–Kier alpha value is -3.56. The van der Waals surface area contributed by atoms with E-state index in [9.17, 15) is 19.1 Å². The van der Waals surface area contributed by atoms with E-state index in [0.29, 0.717) is 33.4 Å². The topological polar surface area (TPSA) is 79.7 Å². The van der Waals surface area contributed by atoms with Gasteiger partial charge in [0, 0.05) is 10.4 Å². The van der Waals surface area contributed by atoms with Crippen molar-refractivity contribution in [3.8, 4) is 5.75 Å². The fraction of sp³-hybridized carbons (Fsp3) is 0.160. The Balaban J connectivity index is 1.67. The van der Waals surface area contributed by atoms with Gasteiger partial charge in [-0.2, -0.15) is 0 Å². The van der Waals surface area contributed by atoms with Crippen LogP contribution in [0.4, 0.5) is 9.52 Å². The molecule has 1 aliphatic rings. The number of carbonyl (C=O) groups is 2. The minimum atomic E-state index is -0.850. The molecule has 1 saturated heterocycles. The smallest absolute Gasteiger partial charge is 0.301 e. The molecule has 2 aromatic carbocycles. The summed E-state index contributed by atoms with van der Waals surface area (Å²) in [6.07, 6.45) is 0. The molecule has 1 fully saturated rings. The number of ether oxygens (including phenoxy) is 1. The van der Waals surface area contributed by atoms with Crippen LogP contribution >= 0.6 is 22.7 Å². The zero-order chi connectivity index (χ0) is 24.0. The number of ketones is 1. The van der Waals surface area contributed by atoms with E-state index in [1.54, 1.807) is 25.1 Å². The maximum Gasteiger partial charge on any atom is 0.301 e. The molecule has 6 nitrogen and oxygen atoms in total. The predicted molar refractivity (Wildman–Crippen MR) is 131 cm³/mol. The first kappa shape index (κ1) is 22.2. The highest BCUT2D eigenvalue weighted by Gasteiger charge is 2.48. The van der Waals surface area contributed by atoms with E-state index in [1.807, 2.05) is 24.4 Å². The van der Waals surface area contributed by atoms with Crippen LogP contribution in [0.15, 0.2) is 59.5 Å². The van der Waals surface area contributed by atoms with Crippen LogP contribution in [-0.4, -0.2) is 28.4 Å². The number of carbonyl (C=O) groups excluding carboxylic acids is 2. The summed E-state index contributed by atoms with van der Waals surface area (Å²) in [6.45, 7) is 3.98. The number of hydrogen-bond donors (Lipinski definition) is 1. The van der Waals surface area contributed by atoms with Crippen molar-refractivity contribution in [2.24, 2.45) is 0 Å². The number of anilines is 1. The van der Waals surface area contributed by atoms with Crippen LogP contribution in [0.1, 0.15) is 29.0 Å². The van der Waals surface area contributed by atoms with Gasteiger partial charge >= 0.3 is 5.91 Å². The zero-order valence-electron chi connectivity index (χ0n) is 18.2. The van der Waals surface area contributed by atoms with Crippen LogP contribution in [0.3, 0.4) is 0 Å². The third-order valence-corrected chi connectivity index (χ3v) is 7.50. The number of benzene rings is 2. The third-order valence-electron chi connectivity index (χ3n) is 5.55. The van der Waals surface area contributed by atoms with Crippen molar-refractivity contribution in [1.29, 1.82) is 0 Å².